The summed E-state index contributed by atoms with van der Waals surface area (Å²) in [5.74, 6) is 0.984. The highest BCUT2D eigenvalue weighted by atomic mass is 16.5. The Kier molecular flexibility index (Phi) is 4.48. The maximum atomic E-state index is 12.2. The second-order valence-electron chi connectivity index (χ2n) is 6.22. The topological polar surface area (TPSA) is 38.3 Å². The van der Waals surface area contributed by atoms with Crippen molar-refractivity contribution in [3.63, 3.8) is 0 Å². The Balaban J connectivity index is 2.21. The first-order chi connectivity index (χ1) is 9.47. The van der Waals surface area contributed by atoms with Crippen LogP contribution in [-0.4, -0.2) is 19.6 Å². The van der Waals surface area contributed by atoms with Crippen molar-refractivity contribution in [1.29, 1.82) is 0 Å². The van der Waals surface area contributed by atoms with Gasteiger partial charge in [-0.25, -0.2) is 4.79 Å². The van der Waals surface area contributed by atoms with Crippen LogP contribution in [0.15, 0.2) is 24.3 Å². The quantitative estimate of drug-likeness (QED) is 0.810. The van der Waals surface area contributed by atoms with Crippen molar-refractivity contribution < 1.29 is 9.53 Å². The van der Waals surface area contributed by atoms with Crippen molar-refractivity contribution in [2.75, 3.05) is 13.7 Å². The third-order valence-electron chi connectivity index (χ3n) is 4.19. The molecule has 1 atom stereocenters. The highest BCUT2D eigenvalue weighted by molar-refractivity contribution is 5.82. The first-order valence-corrected chi connectivity index (χ1v) is 7.41. The summed E-state index contributed by atoms with van der Waals surface area (Å²) in [7, 11) is 1.45. The molecule has 110 valence electrons. The van der Waals surface area contributed by atoms with Gasteiger partial charge >= 0.3 is 5.97 Å². The number of benzene rings is 1. The van der Waals surface area contributed by atoms with Crippen LogP contribution in [0.3, 0.4) is 0 Å². The van der Waals surface area contributed by atoms with Crippen LogP contribution in [0.1, 0.15) is 50.7 Å². The standard InChI is InChI=1S/C17H25NO2/c1-12(2)14-7-9-15(10-8-14)17(3,16(19)20-4)18-11-13-5-6-13/h7-10,12-13,18H,5-6,11H2,1-4H3. The smallest absolute Gasteiger partial charge is 0.330 e. The summed E-state index contributed by atoms with van der Waals surface area (Å²) in [6.45, 7) is 7.11. The molecule has 1 aromatic carbocycles. The van der Waals surface area contributed by atoms with E-state index in [4.69, 9.17) is 4.74 Å². The lowest BCUT2D eigenvalue weighted by Gasteiger charge is -2.29. The fourth-order valence-corrected chi connectivity index (χ4v) is 2.37. The van der Waals surface area contributed by atoms with E-state index in [-0.39, 0.29) is 5.97 Å². The molecule has 3 heteroatoms. The molecule has 0 bridgehead atoms. The Morgan fingerprint density at radius 2 is 1.95 bits per heavy atom. The van der Waals surface area contributed by atoms with Gasteiger partial charge in [0.05, 0.1) is 7.11 Å². The number of methoxy groups -OCH3 is 1. The molecule has 0 saturated heterocycles. The van der Waals surface area contributed by atoms with Gasteiger partial charge in [0, 0.05) is 0 Å². The van der Waals surface area contributed by atoms with Crippen molar-refractivity contribution in [1.82, 2.24) is 5.32 Å². The minimum absolute atomic E-state index is 0.226. The maximum absolute atomic E-state index is 12.2. The van der Waals surface area contributed by atoms with Crippen LogP contribution in [0.25, 0.3) is 0 Å². The molecule has 1 fully saturated rings. The number of carbonyl (C=O) groups excluding carboxylic acids is 1. The molecule has 1 aliphatic carbocycles. The van der Waals surface area contributed by atoms with E-state index >= 15 is 0 Å². The molecule has 2 rings (SSSR count). The normalized spacial score (nSPS) is 17.9. The molecule has 1 saturated carbocycles. The Bertz CT molecular complexity index is 462. The lowest BCUT2D eigenvalue weighted by molar-refractivity contribution is -0.148. The molecule has 0 spiro atoms. The third kappa shape index (κ3) is 3.21. The fraction of sp³-hybridized carbons (Fsp3) is 0.588. The molecule has 0 radical (unpaired) electrons. The van der Waals surface area contributed by atoms with Crippen LogP contribution in [0, 0.1) is 5.92 Å². The number of hydrogen-bond acceptors (Lipinski definition) is 3. The molecular weight excluding hydrogens is 250 g/mol. The summed E-state index contributed by atoms with van der Waals surface area (Å²) in [5.41, 5.74) is 1.49. The first kappa shape index (κ1) is 15.0. The van der Waals surface area contributed by atoms with Gasteiger partial charge in [0.2, 0.25) is 0 Å². The zero-order valence-electron chi connectivity index (χ0n) is 12.9. The van der Waals surface area contributed by atoms with E-state index < -0.39 is 5.54 Å². The van der Waals surface area contributed by atoms with Gasteiger partial charge in [-0.3, -0.25) is 5.32 Å². The van der Waals surface area contributed by atoms with Crippen LogP contribution < -0.4 is 5.32 Å². The number of carbonyl (C=O) groups is 1. The van der Waals surface area contributed by atoms with E-state index in [9.17, 15) is 4.79 Å². The van der Waals surface area contributed by atoms with Gasteiger partial charge in [-0.05, 0) is 49.3 Å². The van der Waals surface area contributed by atoms with Crippen molar-refractivity contribution in [3.8, 4) is 0 Å². The lowest BCUT2D eigenvalue weighted by Crippen LogP contribution is -2.48. The molecule has 3 nitrogen and oxygen atoms in total. The summed E-state index contributed by atoms with van der Waals surface area (Å²) in [6.07, 6.45) is 2.52. The SMILES string of the molecule is COC(=O)C(C)(NCC1CC1)c1ccc(C(C)C)cc1. The second-order valence-corrected chi connectivity index (χ2v) is 6.22. The second kappa shape index (κ2) is 5.96. The Morgan fingerprint density at radius 3 is 2.40 bits per heavy atom. The van der Waals surface area contributed by atoms with E-state index in [1.54, 1.807) is 0 Å². The van der Waals surface area contributed by atoms with E-state index in [1.807, 2.05) is 19.1 Å². The molecule has 0 aromatic heterocycles. The Morgan fingerprint density at radius 1 is 1.35 bits per heavy atom. The number of hydrogen-bond donors (Lipinski definition) is 1. The molecule has 0 aliphatic heterocycles. The number of ether oxygens (including phenoxy) is 1. The summed E-state index contributed by atoms with van der Waals surface area (Å²) in [5, 5.41) is 3.40. The number of rotatable bonds is 6. The van der Waals surface area contributed by atoms with Gasteiger partial charge in [0.25, 0.3) is 0 Å². The summed E-state index contributed by atoms with van der Waals surface area (Å²) < 4.78 is 5.00. The van der Waals surface area contributed by atoms with E-state index in [0.717, 1.165) is 12.1 Å². The summed E-state index contributed by atoms with van der Waals surface area (Å²) >= 11 is 0. The van der Waals surface area contributed by atoms with Crippen LogP contribution >= 0.6 is 0 Å². The average Bonchev–Trinajstić information content (AvgIpc) is 3.28. The van der Waals surface area contributed by atoms with Gasteiger partial charge in [-0.15, -0.1) is 0 Å². The molecule has 1 aromatic rings. The Hall–Kier alpha value is -1.35. The van der Waals surface area contributed by atoms with Crippen molar-refractivity contribution in [2.45, 2.75) is 45.1 Å². The largest absolute Gasteiger partial charge is 0.467 e. The maximum Gasteiger partial charge on any atom is 0.330 e. The van der Waals surface area contributed by atoms with Crippen LogP contribution in [0.4, 0.5) is 0 Å². The van der Waals surface area contributed by atoms with Gasteiger partial charge in [-0.1, -0.05) is 38.1 Å². The van der Waals surface area contributed by atoms with Gasteiger partial charge in [0.15, 0.2) is 0 Å². The van der Waals surface area contributed by atoms with Crippen molar-refractivity contribution >= 4 is 5.97 Å². The lowest BCUT2D eigenvalue weighted by atomic mass is 9.89. The predicted octanol–water partition coefficient (Wildman–Crippen LogP) is 3.20. The summed E-state index contributed by atoms with van der Waals surface area (Å²) in [6, 6.07) is 8.26. The fourth-order valence-electron chi connectivity index (χ4n) is 2.37. The molecule has 1 unspecified atom stereocenters. The Labute approximate surface area is 121 Å². The van der Waals surface area contributed by atoms with Crippen LogP contribution in [0.5, 0.6) is 0 Å². The van der Waals surface area contributed by atoms with E-state index in [2.05, 4.69) is 31.3 Å². The molecule has 1 N–H and O–H groups in total. The molecule has 20 heavy (non-hydrogen) atoms. The first-order valence-electron chi connectivity index (χ1n) is 7.41. The molecule has 0 heterocycles. The van der Waals surface area contributed by atoms with Crippen LogP contribution in [0.2, 0.25) is 0 Å². The van der Waals surface area contributed by atoms with E-state index in [1.165, 1.54) is 25.5 Å². The highest BCUT2D eigenvalue weighted by Crippen LogP contribution is 2.31. The third-order valence-corrected chi connectivity index (χ3v) is 4.19. The zero-order chi connectivity index (χ0) is 14.8. The van der Waals surface area contributed by atoms with Gasteiger partial charge in [0.1, 0.15) is 5.54 Å². The average molecular weight is 275 g/mol. The zero-order valence-corrected chi connectivity index (χ0v) is 12.9. The minimum atomic E-state index is -0.757. The number of esters is 1. The number of nitrogens with one attached hydrogen (secondary N) is 1. The van der Waals surface area contributed by atoms with Crippen molar-refractivity contribution in [3.05, 3.63) is 35.4 Å². The van der Waals surface area contributed by atoms with Crippen LogP contribution in [-0.2, 0) is 15.1 Å². The summed E-state index contributed by atoms with van der Waals surface area (Å²) in [4.78, 5) is 12.2. The van der Waals surface area contributed by atoms with Crippen molar-refractivity contribution in [2.24, 2.45) is 5.92 Å². The van der Waals surface area contributed by atoms with E-state index in [0.29, 0.717) is 11.8 Å². The van der Waals surface area contributed by atoms with Gasteiger partial charge < -0.3 is 4.74 Å². The molecule has 1 aliphatic rings. The monoisotopic (exact) mass is 275 g/mol. The highest BCUT2D eigenvalue weighted by Gasteiger charge is 2.37. The molecular formula is C17H25NO2. The predicted molar refractivity (Wildman–Crippen MR) is 80.6 cm³/mol. The minimum Gasteiger partial charge on any atom is -0.467 e. The molecule has 0 amide bonds. The van der Waals surface area contributed by atoms with Gasteiger partial charge in [-0.2, -0.15) is 0 Å².